The maximum Gasteiger partial charge on any atom is 0.437 e. The summed E-state index contributed by atoms with van der Waals surface area (Å²) in [5, 5.41) is 23.5. The Balaban J connectivity index is 2.57. The van der Waals surface area contributed by atoms with Crippen molar-refractivity contribution in [2.75, 3.05) is 6.61 Å². The topological polar surface area (TPSA) is 90.8 Å². The molecule has 0 spiro atoms. The first kappa shape index (κ1) is 18.3. The molecule has 4 N–H and O–H groups in total. The number of esters is 1. The SMILES string of the molecule is CCOC(=O)[C@H]1[C@@H](c2cccc(O)c2)NC(=S)N[C@]1(O)C(F)(F)F. The molecule has 132 valence electrons. The van der Waals surface area contributed by atoms with Gasteiger partial charge in [-0.15, -0.1) is 0 Å². The number of halogens is 3. The number of aliphatic hydroxyl groups is 1. The second-order valence-corrected chi connectivity index (χ2v) is 5.57. The Bertz CT molecular complexity index is 655. The molecule has 1 saturated heterocycles. The van der Waals surface area contributed by atoms with E-state index in [1.165, 1.54) is 31.2 Å². The molecule has 6 nitrogen and oxygen atoms in total. The maximum absolute atomic E-state index is 13.5. The Morgan fingerprint density at radius 3 is 2.67 bits per heavy atom. The number of phenols is 1. The molecule has 3 atom stereocenters. The number of phenolic OH excluding ortho intramolecular Hbond substituents is 1. The molecule has 0 saturated carbocycles. The molecule has 2 rings (SSSR count). The summed E-state index contributed by atoms with van der Waals surface area (Å²) in [5.74, 6) is -3.55. The number of carbonyl (C=O) groups is 1. The Morgan fingerprint density at radius 1 is 1.46 bits per heavy atom. The highest BCUT2D eigenvalue weighted by Gasteiger charge is 2.66. The minimum Gasteiger partial charge on any atom is -0.508 e. The Labute approximate surface area is 140 Å². The van der Waals surface area contributed by atoms with Crippen LogP contribution in [0, 0.1) is 5.92 Å². The van der Waals surface area contributed by atoms with E-state index in [4.69, 9.17) is 17.0 Å². The third-order valence-corrected chi connectivity index (χ3v) is 3.80. The van der Waals surface area contributed by atoms with Gasteiger partial charge in [0.25, 0.3) is 5.72 Å². The van der Waals surface area contributed by atoms with Gasteiger partial charge in [0, 0.05) is 0 Å². The summed E-state index contributed by atoms with van der Waals surface area (Å²) in [6.07, 6.45) is -5.20. The second kappa shape index (κ2) is 6.44. The van der Waals surface area contributed by atoms with Crippen LogP contribution in [0.1, 0.15) is 18.5 Å². The molecule has 1 heterocycles. The van der Waals surface area contributed by atoms with Crippen LogP contribution < -0.4 is 10.6 Å². The van der Waals surface area contributed by atoms with E-state index in [1.807, 2.05) is 0 Å². The van der Waals surface area contributed by atoms with E-state index in [0.29, 0.717) is 0 Å². The molecule has 1 aromatic rings. The van der Waals surface area contributed by atoms with Crippen LogP contribution in [0.5, 0.6) is 5.75 Å². The van der Waals surface area contributed by atoms with Gasteiger partial charge in [-0.1, -0.05) is 12.1 Å². The number of rotatable bonds is 3. The molecular formula is C14H15F3N2O4S. The molecular weight excluding hydrogens is 349 g/mol. The van der Waals surface area contributed by atoms with Gasteiger partial charge in [-0.25, -0.2) is 0 Å². The van der Waals surface area contributed by atoms with Crippen LogP contribution in [0.4, 0.5) is 13.2 Å². The molecule has 0 amide bonds. The second-order valence-electron chi connectivity index (χ2n) is 5.16. The van der Waals surface area contributed by atoms with E-state index >= 15 is 0 Å². The minimum absolute atomic E-state index is 0.138. The third-order valence-electron chi connectivity index (χ3n) is 3.58. The number of hydrogen-bond donors (Lipinski definition) is 4. The van der Waals surface area contributed by atoms with Crippen LogP contribution in [-0.4, -0.2) is 39.8 Å². The van der Waals surface area contributed by atoms with Gasteiger partial charge in [-0.3, -0.25) is 4.79 Å². The van der Waals surface area contributed by atoms with Crippen molar-refractivity contribution in [3.63, 3.8) is 0 Å². The van der Waals surface area contributed by atoms with Crippen molar-refractivity contribution in [1.82, 2.24) is 10.6 Å². The van der Waals surface area contributed by atoms with Crippen molar-refractivity contribution in [3.8, 4) is 5.75 Å². The first-order valence-corrected chi connectivity index (χ1v) is 7.34. The average Bonchev–Trinajstić information content (AvgIpc) is 2.45. The molecule has 1 aliphatic heterocycles. The van der Waals surface area contributed by atoms with Crippen LogP contribution in [0.3, 0.4) is 0 Å². The summed E-state index contributed by atoms with van der Waals surface area (Å²) in [5.41, 5.74) is -3.47. The summed E-state index contributed by atoms with van der Waals surface area (Å²) in [6, 6.07) is 3.93. The number of alkyl halides is 3. The maximum atomic E-state index is 13.5. The smallest absolute Gasteiger partial charge is 0.437 e. The van der Waals surface area contributed by atoms with Gasteiger partial charge in [-0.2, -0.15) is 13.2 Å². The highest BCUT2D eigenvalue weighted by atomic mass is 32.1. The summed E-state index contributed by atoms with van der Waals surface area (Å²) in [6.45, 7) is 1.27. The molecule has 1 aliphatic rings. The summed E-state index contributed by atoms with van der Waals surface area (Å²) in [7, 11) is 0. The Morgan fingerprint density at radius 2 is 2.12 bits per heavy atom. The van der Waals surface area contributed by atoms with E-state index in [-0.39, 0.29) is 17.9 Å². The van der Waals surface area contributed by atoms with Gasteiger partial charge in [-0.05, 0) is 36.8 Å². The number of thiocarbonyl (C=S) groups is 1. The average molecular weight is 364 g/mol. The van der Waals surface area contributed by atoms with E-state index < -0.39 is 34.9 Å². The first-order chi connectivity index (χ1) is 11.1. The van der Waals surface area contributed by atoms with Crippen LogP contribution in [0.15, 0.2) is 24.3 Å². The lowest BCUT2D eigenvalue weighted by Crippen LogP contribution is -2.73. The number of nitrogens with one attached hydrogen (secondary N) is 2. The van der Waals surface area contributed by atoms with Crippen LogP contribution >= 0.6 is 12.2 Å². The predicted molar refractivity (Wildman–Crippen MR) is 80.8 cm³/mol. The predicted octanol–water partition coefficient (Wildman–Crippen LogP) is 1.34. The largest absolute Gasteiger partial charge is 0.508 e. The highest BCUT2D eigenvalue weighted by Crippen LogP contribution is 2.43. The van der Waals surface area contributed by atoms with Gasteiger partial charge < -0.3 is 25.6 Å². The van der Waals surface area contributed by atoms with E-state index in [0.717, 1.165) is 0 Å². The fourth-order valence-electron chi connectivity index (χ4n) is 2.53. The van der Waals surface area contributed by atoms with E-state index in [2.05, 4.69) is 5.32 Å². The van der Waals surface area contributed by atoms with Gasteiger partial charge in [0.15, 0.2) is 5.11 Å². The molecule has 0 unspecified atom stereocenters. The quantitative estimate of drug-likeness (QED) is 0.475. The summed E-state index contributed by atoms with van der Waals surface area (Å²) in [4.78, 5) is 12.2. The third kappa shape index (κ3) is 3.24. The van der Waals surface area contributed by atoms with E-state index in [1.54, 1.807) is 5.32 Å². The van der Waals surface area contributed by atoms with Crippen molar-refractivity contribution in [2.24, 2.45) is 5.92 Å². The van der Waals surface area contributed by atoms with Crippen molar-refractivity contribution < 1.29 is 32.9 Å². The summed E-state index contributed by atoms with van der Waals surface area (Å²) >= 11 is 4.74. The lowest BCUT2D eigenvalue weighted by molar-refractivity contribution is -0.292. The summed E-state index contributed by atoms with van der Waals surface area (Å²) < 4.78 is 45.1. The van der Waals surface area contributed by atoms with Crippen molar-refractivity contribution >= 4 is 23.3 Å². The fourth-order valence-corrected chi connectivity index (χ4v) is 2.82. The molecule has 0 aliphatic carbocycles. The van der Waals surface area contributed by atoms with Gasteiger partial charge in [0.1, 0.15) is 11.7 Å². The van der Waals surface area contributed by atoms with Gasteiger partial charge in [0.05, 0.1) is 12.6 Å². The molecule has 0 aromatic heterocycles. The number of benzene rings is 1. The zero-order valence-corrected chi connectivity index (χ0v) is 13.2. The standard InChI is InChI=1S/C14H15F3N2O4S/c1-2-23-11(21)9-10(7-4-3-5-8(20)6-7)18-12(24)19-13(9,22)14(15,16)17/h3-6,9-10,20,22H,2H2,1H3,(H2,18,19,24)/t9-,10-,13-/m1/s1. The molecule has 1 fully saturated rings. The monoisotopic (exact) mass is 364 g/mol. The molecule has 0 bridgehead atoms. The zero-order chi connectivity index (χ0) is 18.1. The number of ether oxygens (including phenoxy) is 1. The van der Waals surface area contributed by atoms with Gasteiger partial charge in [0.2, 0.25) is 0 Å². The molecule has 1 aromatic carbocycles. The molecule has 24 heavy (non-hydrogen) atoms. The number of carbonyl (C=O) groups excluding carboxylic acids is 1. The molecule has 10 heteroatoms. The highest BCUT2D eigenvalue weighted by molar-refractivity contribution is 7.80. The van der Waals surface area contributed by atoms with Crippen molar-refractivity contribution in [1.29, 1.82) is 0 Å². The Hall–Kier alpha value is -2.07. The van der Waals surface area contributed by atoms with E-state index in [9.17, 15) is 28.2 Å². The van der Waals surface area contributed by atoms with Gasteiger partial charge >= 0.3 is 12.1 Å². The lowest BCUT2D eigenvalue weighted by atomic mass is 9.82. The van der Waals surface area contributed by atoms with Crippen molar-refractivity contribution in [2.45, 2.75) is 24.9 Å². The normalized spacial score (nSPS) is 27.1. The van der Waals surface area contributed by atoms with Crippen LogP contribution in [-0.2, 0) is 9.53 Å². The zero-order valence-electron chi connectivity index (χ0n) is 12.4. The lowest BCUT2D eigenvalue weighted by Gasteiger charge is -2.45. The fraction of sp³-hybridized carbons (Fsp3) is 0.429. The molecule has 0 radical (unpaired) electrons. The minimum atomic E-state index is -5.20. The van der Waals surface area contributed by atoms with Crippen LogP contribution in [0.25, 0.3) is 0 Å². The number of aromatic hydroxyl groups is 1. The van der Waals surface area contributed by atoms with Crippen LogP contribution in [0.2, 0.25) is 0 Å². The first-order valence-electron chi connectivity index (χ1n) is 6.93. The van der Waals surface area contributed by atoms with Crippen molar-refractivity contribution in [3.05, 3.63) is 29.8 Å². The number of hydrogen-bond acceptors (Lipinski definition) is 5. The Kier molecular flexibility index (Phi) is 4.90.